The summed E-state index contributed by atoms with van der Waals surface area (Å²) in [5.74, 6) is 0.230. The second-order valence-electron chi connectivity index (χ2n) is 3.40. The molecule has 0 aromatic rings. The fourth-order valence-corrected chi connectivity index (χ4v) is 1.28. The fourth-order valence-electron chi connectivity index (χ4n) is 1.28. The zero-order valence-corrected chi connectivity index (χ0v) is 7.84. The van der Waals surface area contributed by atoms with Crippen LogP contribution in [0.5, 0.6) is 0 Å². The van der Waals surface area contributed by atoms with Gasteiger partial charge < -0.3 is 9.80 Å². The van der Waals surface area contributed by atoms with Crippen molar-refractivity contribution in [2.24, 2.45) is 0 Å². The summed E-state index contributed by atoms with van der Waals surface area (Å²) in [5, 5.41) is 3.02. The molecule has 1 amide bonds. The maximum Gasteiger partial charge on any atom is 0.237 e. The Bertz CT molecular complexity index is 158. The lowest BCUT2D eigenvalue weighted by Crippen LogP contribution is -2.29. The average Bonchev–Trinajstić information content (AvgIpc) is 2.36. The van der Waals surface area contributed by atoms with Crippen LogP contribution >= 0.6 is 0 Å². The molecule has 4 nitrogen and oxygen atoms in total. The quantitative estimate of drug-likeness (QED) is 0.609. The van der Waals surface area contributed by atoms with E-state index in [-0.39, 0.29) is 5.91 Å². The van der Waals surface area contributed by atoms with Crippen molar-refractivity contribution in [3.05, 3.63) is 0 Å². The van der Waals surface area contributed by atoms with Gasteiger partial charge in [-0.3, -0.25) is 10.1 Å². The Morgan fingerprint density at radius 1 is 1.58 bits per heavy atom. The van der Waals surface area contributed by atoms with E-state index in [4.69, 9.17) is 0 Å². The summed E-state index contributed by atoms with van der Waals surface area (Å²) in [4.78, 5) is 15.1. The Balaban J connectivity index is 2.10. The molecule has 4 heteroatoms. The van der Waals surface area contributed by atoms with Crippen LogP contribution in [-0.4, -0.2) is 56.1 Å². The first-order valence-electron chi connectivity index (χ1n) is 4.33. The summed E-state index contributed by atoms with van der Waals surface area (Å²) in [6.07, 6.45) is 1.06. The first-order valence-corrected chi connectivity index (χ1v) is 4.33. The van der Waals surface area contributed by atoms with E-state index in [1.807, 2.05) is 19.0 Å². The molecule has 0 aromatic carbocycles. The van der Waals surface area contributed by atoms with Gasteiger partial charge >= 0.3 is 0 Å². The van der Waals surface area contributed by atoms with E-state index in [9.17, 15) is 4.79 Å². The molecule has 0 saturated carbocycles. The standard InChI is InChI=1S/C8H17N3O/c1-10(2)4-3-5-11-7-9-6-8(11)12/h9H,3-7H2,1-2H3. The van der Waals surface area contributed by atoms with Crippen molar-refractivity contribution in [1.29, 1.82) is 0 Å². The van der Waals surface area contributed by atoms with Crippen LogP contribution in [0.15, 0.2) is 0 Å². The Labute approximate surface area is 73.5 Å². The highest BCUT2D eigenvalue weighted by Crippen LogP contribution is 1.96. The van der Waals surface area contributed by atoms with E-state index in [1.54, 1.807) is 0 Å². The molecule has 0 bridgehead atoms. The van der Waals surface area contributed by atoms with Gasteiger partial charge in [0, 0.05) is 6.54 Å². The fraction of sp³-hybridized carbons (Fsp3) is 0.875. The first kappa shape index (κ1) is 9.48. The molecule has 1 rings (SSSR count). The van der Waals surface area contributed by atoms with E-state index >= 15 is 0 Å². The van der Waals surface area contributed by atoms with Crippen molar-refractivity contribution in [3.63, 3.8) is 0 Å². The van der Waals surface area contributed by atoms with Gasteiger partial charge in [-0.1, -0.05) is 0 Å². The minimum Gasteiger partial charge on any atom is -0.329 e. The van der Waals surface area contributed by atoms with Crippen LogP contribution in [0, 0.1) is 0 Å². The van der Waals surface area contributed by atoms with Crippen LogP contribution in [0.4, 0.5) is 0 Å². The summed E-state index contributed by atoms with van der Waals surface area (Å²) in [7, 11) is 4.09. The molecule has 0 radical (unpaired) electrons. The van der Waals surface area contributed by atoms with E-state index in [0.717, 1.165) is 26.2 Å². The van der Waals surface area contributed by atoms with E-state index < -0.39 is 0 Å². The summed E-state index contributed by atoms with van der Waals surface area (Å²) >= 11 is 0. The molecular weight excluding hydrogens is 154 g/mol. The van der Waals surface area contributed by atoms with Crippen molar-refractivity contribution < 1.29 is 4.79 Å². The van der Waals surface area contributed by atoms with Gasteiger partial charge in [0.1, 0.15) is 0 Å². The summed E-state index contributed by atoms with van der Waals surface area (Å²) in [5.41, 5.74) is 0. The van der Waals surface area contributed by atoms with Crippen molar-refractivity contribution in [3.8, 4) is 0 Å². The molecule has 1 aliphatic rings. The van der Waals surface area contributed by atoms with Gasteiger partial charge in [0.15, 0.2) is 0 Å². The van der Waals surface area contributed by atoms with E-state index in [2.05, 4.69) is 10.2 Å². The molecule has 12 heavy (non-hydrogen) atoms. The Kier molecular flexibility index (Phi) is 3.49. The molecule has 0 spiro atoms. The number of carbonyl (C=O) groups excluding carboxylic acids is 1. The van der Waals surface area contributed by atoms with E-state index in [0.29, 0.717) is 6.54 Å². The molecule has 1 heterocycles. The maximum absolute atomic E-state index is 11.1. The normalized spacial score (nSPS) is 17.9. The average molecular weight is 171 g/mol. The molecule has 0 unspecified atom stereocenters. The number of rotatable bonds is 4. The Morgan fingerprint density at radius 2 is 2.33 bits per heavy atom. The van der Waals surface area contributed by atoms with Crippen LogP contribution in [0.2, 0.25) is 0 Å². The van der Waals surface area contributed by atoms with Crippen LogP contribution in [0.1, 0.15) is 6.42 Å². The van der Waals surface area contributed by atoms with Crippen molar-refractivity contribution in [1.82, 2.24) is 15.1 Å². The summed E-state index contributed by atoms with van der Waals surface area (Å²) in [6, 6.07) is 0. The van der Waals surface area contributed by atoms with E-state index in [1.165, 1.54) is 0 Å². The predicted octanol–water partition coefficient (Wildman–Crippen LogP) is -0.673. The van der Waals surface area contributed by atoms with Crippen LogP contribution in [0.3, 0.4) is 0 Å². The zero-order chi connectivity index (χ0) is 8.97. The minimum atomic E-state index is 0.230. The number of hydrogen-bond acceptors (Lipinski definition) is 3. The molecule has 70 valence electrons. The number of nitrogens with one attached hydrogen (secondary N) is 1. The smallest absolute Gasteiger partial charge is 0.237 e. The van der Waals surface area contributed by atoms with Gasteiger partial charge in [-0.15, -0.1) is 0 Å². The molecule has 1 saturated heterocycles. The number of carbonyl (C=O) groups is 1. The first-order chi connectivity index (χ1) is 5.70. The third kappa shape index (κ3) is 2.79. The lowest BCUT2D eigenvalue weighted by molar-refractivity contribution is -0.126. The topological polar surface area (TPSA) is 35.6 Å². The highest BCUT2D eigenvalue weighted by Gasteiger charge is 2.18. The number of hydrogen-bond donors (Lipinski definition) is 1. The summed E-state index contributed by atoms with van der Waals surface area (Å²) in [6.45, 7) is 3.17. The Morgan fingerprint density at radius 3 is 2.83 bits per heavy atom. The Hall–Kier alpha value is -0.610. The van der Waals surface area contributed by atoms with Crippen molar-refractivity contribution >= 4 is 5.91 Å². The molecule has 1 N–H and O–H groups in total. The third-order valence-electron chi connectivity index (χ3n) is 1.96. The van der Waals surface area contributed by atoms with Crippen LogP contribution in [-0.2, 0) is 4.79 Å². The van der Waals surface area contributed by atoms with Gasteiger partial charge in [0.05, 0.1) is 13.2 Å². The van der Waals surface area contributed by atoms with Crippen LogP contribution in [0.25, 0.3) is 0 Å². The minimum absolute atomic E-state index is 0.230. The molecule has 0 aromatic heterocycles. The monoisotopic (exact) mass is 171 g/mol. The van der Waals surface area contributed by atoms with Gasteiger partial charge in [-0.05, 0) is 27.1 Å². The lowest BCUT2D eigenvalue weighted by Gasteiger charge is -2.16. The molecule has 1 aliphatic heterocycles. The van der Waals surface area contributed by atoms with Crippen LogP contribution < -0.4 is 5.32 Å². The third-order valence-corrected chi connectivity index (χ3v) is 1.96. The van der Waals surface area contributed by atoms with Crippen molar-refractivity contribution in [2.75, 3.05) is 40.4 Å². The van der Waals surface area contributed by atoms with Crippen molar-refractivity contribution in [2.45, 2.75) is 6.42 Å². The predicted molar refractivity (Wildman–Crippen MR) is 47.8 cm³/mol. The molecular formula is C8H17N3O. The number of amides is 1. The highest BCUT2D eigenvalue weighted by atomic mass is 16.2. The molecule has 0 atom stereocenters. The SMILES string of the molecule is CN(C)CCCN1CNCC1=O. The van der Waals surface area contributed by atoms with Gasteiger partial charge in [-0.2, -0.15) is 0 Å². The summed E-state index contributed by atoms with van der Waals surface area (Å²) < 4.78 is 0. The van der Waals surface area contributed by atoms with Gasteiger partial charge in [0.2, 0.25) is 5.91 Å². The second-order valence-corrected chi connectivity index (χ2v) is 3.40. The maximum atomic E-state index is 11.1. The largest absolute Gasteiger partial charge is 0.329 e. The second kappa shape index (κ2) is 4.42. The highest BCUT2D eigenvalue weighted by molar-refractivity contribution is 5.79. The van der Waals surface area contributed by atoms with Gasteiger partial charge in [-0.25, -0.2) is 0 Å². The zero-order valence-electron chi connectivity index (χ0n) is 7.84. The van der Waals surface area contributed by atoms with Gasteiger partial charge in [0.25, 0.3) is 0 Å². The number of nitrogens with zero attached hydrogens (tertiary/aromatic N) is 2. The lowest BCUT2D eigenvalue weighted by atomic mass is 10.4. The molecule has 0 aliphatic carbocycles. The molecule has 1 fully saturated rings.